The Morgan fingerprint density at radius 1 is 1.28 bits per heavy atom. The van der Waals surface area contributed by atoms with Crippen LogP contribution in [0.15, 0.2) is 18.2 Å². The van der Waals surface area contributed by atoms with Gasteiger partial charge in [-0.15, -0.1) is 0 Å². The second-order valence-corrected chi connectivity index (χ2v) is 5.70. The van der Waals surface area contributed by atoms with Crippen LogP contribution in [0.5, 0.6) is 0 Å². The van der Waals surface area contributed by atoms with Crippen LogP contribution in [-0.4, -0.2) is 48.0 Å². The van der Waals surface area contributed by atoms with Crippen molar-refractivity contribution in [2.24, 2.45) is 0 Å². The molecule has 0 aromatic carbocycles. The minimum absolute atomic E-state index is 0.370. The molecule has 0 spiro atoms. The quantitative estimate of drug-likeness (QED) is 0.859. The van der Waals surface area contributed by atoms with Crippen LogP contribution in [0, 0.1) is 0 Å². The largest absolute Gasteiger partial charge is 0.384 e. The summed E-state index contributed by atoms with van der Waals surface area (Å²) >= 11 is 0. The molecule has 1 aliphatic carbocycles. The molecule has 0 atom stereocenters. The first-order chi connectivity index (χ1) is 8.52. The van der Waals surface area contributed by atoms with Gasteiger partial charge in [0, 0.05) is 18.6 Å². The van der Waals surface area contributed by atoms with E-state index in [1.807, 2.05) is 18.2 Å². The number of hydrogen-bond acceptors (Lipinski definition) is 4. The number of pyridine rings is 1. The highest BCUT2D eigenvalue weighted by atomic mass is 15.2. The molecule has 4 nitrogen and oxygen atoms in total. The summed E-state index contributed by atoms with van der Waals surface area (Å²) in [6, 6.07) is 5.84. The van der Waals surface area contributed by atoms with Crippen LogP contribution in [-0.2, 0) is 6.54 Å². The van der Waals surface area contributed by atoms with E-state index in [0.29, 0.717) is 11.4 Å². The van der Waals surface area contributed by atoms with Gasteiger partial charge in [-0.2, -0.15) is 0 Å². The Labute approximate surface area is 110 Å². The first-order valence-electron chi connectivity index (χ1n) is 6.59. The van der Waals surface area contributed by atoms with Crippen molar-refractivity contribution in [3.05, 3.63) is 23.9 Å². The zero-order valence-corrected chi connectivity index (χ0v) is 11.7. The number of nitrogens with two attached hydrogens (primary N) is 1. The maximum Gasteiger partial charge on any atom is 0.123 e. The molecule has 1 heterocycles. The van der Waals surface area contributed by atoms with Crippen molar-refractivity contribution in [3.8, 4) is 0 Å². The van der Waals surface area contributed by atoms with E-state index in [-0.39, 0.29) is 0 Å². The number of aromatic nitrogens is 1. The third-order valence-corrected chi connectivity index (χ3v) is 4.06. The lowest BCUT2D eigenvalue weighted by molar-refractivity contribution is 0.0256. The van der Waals surface area contributed by atoms with Crippen molar-refractivity contribution in [1.29, 1.82) is 0 Å². The van der Waals surface area contributed by atoms with E-state index < -0.39 is 0 Å². The normalized spacial score (nSPS) is 18.1. The maximum absolute atomic E-state index is 5.71. The molecule has 4 heteroatoms. The first kappa shape index (κ1) is 13.3. The molecule has 0 aliphatic heterocycles. The first-order valence-corrected chi connectivity index (χ1v) is 6.59. The molecule has 0 saturated heterocycles. The lowest BCUT2D eigenvalue weighted by Crippen LogP contribution is -2.56. The number of likely N-dealkylation sites (N-methyl/N-ethyl adjacent to an activating group) is 2. The van der Waals surface area contributed by atoms with Crippen LogP contribution in [0.2, 0.25) is 0 Å². The molecule has 100 valence electrons. The average Bonchev–Trinajstić information content (AvgIpc) is 2.23. The van der Waals surface area contributed by atoms with Gasteiger partial charge in [0.15, 0.2) is 0 Å². The Morgan fingerprint density at radius 3 is 2.50 bits per heavy atom. The fraction of sp³-hybridized carbons (Fsp3) is 0.643. The average molecular weight is 248 g/mol. The maximum atomic E-state index is 5.71. The smallest absolute Gasteiger partial charge is 0.123 e. The topological polar surface area (TPSA) is 45.4 Å². The van der Waals surface area contributed by atoms with Gasteiger partial charge in [0.05, 0.1) is 5.69 Å². The molecular formula is C14H24N4. The van der Waals surface area contributed by atoms with Gasteiger partial charge in [-0.25, -0.2) is 4.98 Å². The van der Waals surface area contributed by atoms with E-state index >= 15 is 0 Å². The van der Waals surface area contributed by atoms with E-state index in [9.17, 15) is 0 Å². The molecule has 0 unspecified atom stereocenters. The van der Waals surface area contributed by atoms with Gasteiger partial charge in [0.25, 0.3) is 0 Å². The molecule has 0 bridgehead atoms. The van der Waals surface area contributed by atoms with E-state index in [2.05, 4.69) is 35.9 Å². The fourth-order valence-corrected chi connectivity index (χ4v) is 2.75. The molecule has 0 radical (unpaired) electrons. The molecule has 2 rings (SSSR count). The number of rotatable bonds is 5. The number of nitrogen functional groups attached to an aromatic ring is 1. The van der Waals surface area contributed by atoms with E-state index in [4.69, 9.17) is 5.73 Å². The lowest BCUT2D eigenvalue weighted by Gasteiger charge is -2.49. The van der Waals surface area contributed by atoms with Crippen LogP contribution in [0.1, 0.15) is 25.0 Å². The fourth-order valence-electron chi connectivity index (χ4n) is 2.75. The second-order valence-electron chi connectivity index (χ2n) is 5.70. The zero-order chi connectivity index (χ0) is 13.2. The van der Waals surface area contributed by atoms with Crippen LogP contribution < -0.4 is 5.73 Å². The summed E-state index contributed by atoms with van der Waals surface area (Å²) in [5.41, 5.74) is 7.13. The van der Waals surface area contributed by atoms with Crippen LogP contribution in [0.25, 0.3) is 0 Å². The van der Waals surface area contributed by atoms with Gasteiger partial charge in [-0.3, -0.25) is 4.90 Å². The predicted molar refractivity (Wildman–Crippen MR) is 75.3 cm³/mol. The minimum Gasteiger partial charge on any atom is -0.384 e. The summed E-state index contributed by atoms with van der Waals surface area (Å²) in [5, 5.41) is 0. The molecule has 18 heavy (non-hydrogen) atoms. The summed E-state index contributed by atoms with van der Waals surface area (Å²) in [7, 11) is 6.53. The molecule has 1 aromatic rings. The Morgan fingerprint density at radius 2 is 2.00 bits per heavy atom. The third kappa shape index (κ3) is 2.82. The highest BCUT2D eigenvalue weighted by molar-refractivity contribution is 5.28. The van der Waals surface area contributed by atoms with Gasteiger partial charge in [-0.05, 0) is 52.5 Å². The SMILES string of the molecule is CN(Cc1cccc(N)n1)CC1(N(C)C)CCC1. The van der Waals surface area contributed by atoms with Crippen LogP contribution >= 0.6 is 0 Å². The zero-order valence-electron chi connectivity index (χ0n) is 11.7. The molecule has 1 aliphatic rings. The second kappa shape index (κ2) is 5.24. The Bertz CT molecular complexity index is 399. The van der Waals surface area contributed by atoms with Crippen molar-refractivity contribution in [2.45, 2.75) is 31.3 Å². The predicted octanol–water partition coefficient (Wildman–Crippen LogP) is 1.58. The highest BCUT2D eigenvalue weighted by Crippen LogP contribution is 2.36. The van der Waals surface area contributed by atoms with E-state index in [1.54, 1.807) is 0 Å². The van der Waals surface area contributed by atoms with Gasteiger partial charge in [-0.1, -0.05) is 6.07 Å². The van der Waals surface area contributed by atoms with Gasteiger partial charge < -0.3 is 10.6 Å². The summed E-state index contributed by atoms with van der Waals surface area (Å²) in [5.74, 6) is 0.604. The van der Waals surface area contributed by atoms with Gasteiger partial charge in [0.2, 0.25) is 0 Å². The number of anilines is 1. The highest BCUT2D eigenvalue weighted by Gasteiger charge is 2.39. The molecular weight excluding hydrogens is 224 g/mol. The van der Waals surface area contributed by atoms with Gasteiger partial charge in [0.1, 0.15) is 5.82 Å². The lowest BCUT2D eigenvalue weighted by atomic mass is 9.75. The molecule has 1 fully saturated rings. The van der Waals surface area contributed by atoms with Crippen molar-refractivity contribution >= 4 is 5.82 Å². The number of hydrogen-bond donors (Lipinski definition) is 1. The molecule has 2 N–H and O–H groups in total. The molecule has 1 saturated carbocycles. The Kier molecular flexibility index (Phi) is 3.88. The monoisotopic (exact) mass is 248 g/mol. The minimum atomic E-state index is 0.370. The molecule has 1 aromatic heterocycles. The van der Waals surface area contributed by atoms with Crippen molar-refractivity contribution in [1.82, 2.24) is 14.8 Å². The van der Waals surface area contributed by atoms with Crippen molar-refractivity contribution < 1.29 is 0 Å². The van der Waals surface area contributed by atoms with E-state index in [0.717, 1.165) is 18.8 Å². The molecule has 0 amide bonds. The summed E-state index contributed by atoms with van der Waals surface area (Å²) in [6.07, 6.45) is 3.95. The van der Waals surface area contributed by atoms with E-state index in [1.165, 1.54) is 19.3 Å². The third-order valence-electron chi connectivity index (χ3n) is 4.06. The summed E-state index contributed by atoms with van der Waals surface area (Å²) in [6.45, 7) is 1.96. The standard InChI is InChI=1S/C14H24N4/c1-17(2)14(8-5-9-14)11-18(3)10-12-6-4-7-13(15)16-12/h4,6-7H,5,8-11H2,1-3H3,(H2,15,16). The van der Waals surface area contributed by atoms with Crippen LogP contribution in [0.4, 0.5) is 5.82 Å². The summed E-state index contributed by atoms with van der Waals surface area (Å²) < 4.78 is 0. The summed E-state index contributed by atoms with van der Waals surface area (Å²) in [4.78, 5) is 9.08. The van der Waals surface area contributed by atoms with Crippen molar-refractivity contribution in [3.63, 3.8) is 0 Å². The van der Waals surface area contributed by atoms with Crippen LogP contribution in [0.3, 0.4) is 0 Å². The number of nitrogens with zero attached hydrogens (tertiary/aromatic N) is 3. The van der Waals surface area contributed by atoms with Gasteiger partial charge >= 0.3 is 0 Å². The Balaban J connectivity index is 1.94. The van der Waals surface area contributed by atoms with Crippen molar-refractivity contribution in [2.75, 3.05) is 33.4 Å². The Hall–Kier alpha value is -1.13.